The van der Waals surface area contributed by atoms with Crippen LogP contribution < -0.4 is 16.0 Å². The van der Waals surface area contributed by atoms with Crippen molar-refractivity contribution >= 4 is 29.2 Å². The summed E-state index contributed by atoms with van der Waals surface area (Å²) in [6.07, 6.45) is 5.60. The Morgan fingerprint density at radius 2 is 1.64 bits per heavy atom. The molecule has 1 aromatic carbocycles. The van der Waals surface area contributed by atoms with Crippen molar-refractivity contribution in [1.29, 1.82) is 0 Å². The molecule has 16 nitrogen and oxygen atoms in total. The molecule has 55 heavy (non-hydrogen) atoms. The van der Waals surface area contributed by atoms with Gasteiger partial charge in [0.05, 0.1) is 70.5 Å². The molecule has 0 aliphatic carbocycles. The van der Waals surface area contributed by atoms with Crippen molar-refractivity contribution in [1.82, 2.24) is 24.0 Å². The number of hydrogen-bond donors (Lipinski definition) is 3. The van der Waals surface area contributed by atoms with Crippen LogP contribution in [0.5, 0.6) is 5.75 Å². The molecule has 0 amide bonds. The quantitative estimate of drug-likeness (QED) is 0.0553. The number of allylic oxidation sites excluding steroid dienone is 1. The average Bonchev–Trinajstić information content (AvgIpc) is 3.72. The van der Waals surface area contributed by atoms with Crippen LogP contribution in [-0.2, 0) is 52.7 Å². The maximum absolute atomic E-state index is 12.2. The predicted molar refractivity (Wildman–Crippen MR) is 206 cm³/mol. The fourth-order valence-corrected chi connectivity index (χ4v) is 6.47. The molecule has 0 bridgehead atoms. The Morgan fingerprint density at radius 1 is 0.964 bits per heavy atom. The average molecular weight is 788 g/mol. The Hall–Kier alpha value is -3.94. The van der Waals surface area contributed by atoms with Gasteiger partial charge in [-0.25, -0.2) is 4.79 Å². The highest BCUT2D eigenvalue weighted by Gasteiger charge is 2.26. The molecule has 0 radical (unpaired) electrons. The number of nitrogens with zero attached hydrogens (tertiary/aromatic N) is 3. The summed E-state index contributed by atoms with van der Waals surface area (Å²) in [7, 11) is 0. The van der Waals surface area contributed by atoms with Gasteiger partial charge in [-0.3, -0.25) is 24.0 Å². The molecule has 3 N–H and O–H groups in total. The largest absolute Gasteiger partial charge is 0.491 e. The first-order valence-corrected chi connectivity index (χ1v) is 19.1. The highest BCUT2D eigenvalue weighted by Crippen LogP contribution is 2.33. The molecule has 0 unspecified atom stereocenters. The highest BCUT2D eigenvalue weighted by molar-refractivity contribution is 7.71. The minimum atomic E-state index is -0.753. The molecular weight excluding hydrogens is 735 g/mol. The maximum atomic E-state index is 12.2. The van der Waals surface area contributed by atoms with E-state index >= 15 is 0 Å². The van der Waals surface area contributed by atoms with Crippen molar-refractivity contribution in [3.8, 4) is 5.75 Å². The van der Waals surface area contributed by atoms with Gasteiger partial charge in [0, 0.05) is 49.4 Å². The number of carbonyl (C=O) groups is 1. The van der Waals surface area contributed by atoms with Gasteiger partial charge in [-0.05, 0) is 57.6 Å². The molecule has 2 aromatic heterocycles. The van der Waals surface area contributed by atoms with Crippen LogP contribution in [0, 0.1) is 4.77 Å². The summed E-state index contributed by atoms with van der Waals surface area (Å²) in [6, 6.07) is 4.35. The van der Waals surface area contributed by atoms with Crippen molar-refractivity contribution in [2.45, 2.75) is 65.1 Å². The van der Waals surface area contributed by atoms with E-state index < -0.39 is 29.6 Å². The second-order valence-corrected chi connectivity index (χ2v) is 13.9. The van der Waals surface area contributed by atoms with Crippen LogP contribution in [0.25, 0.3) is 11.0 Å². The molecule has 302 valence electrons. The number of aliphatic hydroxyl groups excluding tert-OH is 1. The van der Waals surface area contributed by atoms with Gasteiger partial charge in [0.1, 0.15) is 25.1 Å². The van der Waals surface area contributed by atoms with Gasteiger partial charge in [-0.2, -0.15) is 0 Å². The van der Waals surface area contributed by atoms with Gasteiger partial charge in [-0.15, -0.1) is 0 Å². The smallest absolute Gasteiger partial charge is 0.330 e. The topological polar surface area (TPSA) is 181 Å². The Balaban J connectivity index is 0.870. The Kier molecular flexibility index (Phi) is 16.4. The Bertz CT molecular complexity index is 1950. The monoisotopic (exact) mass is 787 g/mol. The van der Waals surface area contributed by atoms with Crippen LogP contribution in [0.4, 0.5) is 0 Å². The number of hydrogen-bond acceptors (Lipinski definition) is 13. The Morgan fingerprint density at radius 3 is 2.29 bits per heavy atom. The first-order valence-electron chi connectivity index (χ1n) is 18.6. The number of nitrogens with one attached hydrogen (secondary N) is 2. The lowest BCUT2D eigenvalue weighted by Gasteiger charge is -2.26. The first kappa shape index (κ1) is 42.2. The van der Waals surface area contributed by atoms with E-state index in [0.717, 1.165) is 46.8 Å². The number of aliphatic hydroxyl groups is 1. The zero-order valence-electron chi connectivity index (χ0n) is 31.8. The van der Waals surface area contributed by atoms with Crippen LogP contribution in [0.1, 0.15) is 44.5 Å². The lowest BCUT2D eigenvalue weighted by atomic mass is 10.1. The van der Waals surface area contributed by atoms with E-state index in [9.17, 15) is 19.5 Å². The van der Waals surface area contributed by atoms with Crippen molar-refractivity contribution in [2.24, 2.45) is 0 Å². The van der Waals surface area contributed by atoms with Gasteiger partial charge in [0.15, 0.2) is 11.0 Å². The van der Waals surface area contributed by atoms with Gasteiger partial charge in [-0.1, -0.05) is 17.7 Å². The zero-order valence-corrected chi connectivity index (χ0v) is 32.6. The van der Waals surface area contributed by atoms with Crippen molar-refractivity contribution in [3.05, 3.63) is 78.9 Å². The number of rotatable bonds is 23. The number of H-pyrrole nitrogens is 2. The number of esters is 1. The number of aromatic amines is 2. The molecule has 2 aliphatic heterocycles. The van der Waals surface area contributed by atoms with Crippen LogP contribution in [0.2, 0.25) is 0 Å². The second kappa shape index (κ2) is 21.4. The Labute approximate surface area is 324 Å². The summed E-state index contributed by atoms with van der Waals surface area (Å²) < 4.78 is 43.3. The van der Waals surface area contributed by atoms with Gasteiger partial charge >= 0.3 is 11.7 Å². The number of ether oxygens (including phenoxy) is 7. The number of aryl methyl sites for hydroxylation is 1. The third kappa shape index (κ3) is 12.3. The molecule has 17 heteroatoms. The normalized spacial score (nSPS) is 18.1. The number of aromatic nitrogens is 4. The summed E-state index contributed by atoms with van der Waals surface area (Å²) in [6.45, 7) is 12.2. The van der Waals surface area contributed by atoms with Crippen LogP contribution in [-0.4, -0.2) is 126 Å². The third-order valence-electron chi connectivity index (χ3n) is 9.15. The standard InChI is InChI=1S/C38H53N5O11S/c1-26(2)10-11-41-24-30-32(7-6-31-35(30)43(22-27(41)3)38(55)39-31)52-20-18-50-16-14-48-12-13-49-15-17-51-19-21-53-34(45)9-4-28-23-42(37(47)40-36(28)46)33-8-5-29(25-44)54-33/h5-8,10,23,27,29,33,44H,4,9,11-22,24-25H2,1-3H3,(H,39,55)(H,40,46,47)/t27-,29-,33+/m0/s1. The van der Waals surface area contributed by atoms with Gasteiger partial charge in [0.25, 0.3) is 5.56 Å². The van der Waals surface area contributed by atoms with E-state index in [1.807, 2.05) is 12.1 Å². The number of benzene rings is 1. The maximum Gasteiger partial charge on any atom is 0.330 e. The summed E-state index contributed by atoms with van der Waals surface area (Å²) in [5, 5.41) is 9.23. The van der Waals surface area contributed by atoms with Crippen LogP contribution >= 0.6 is 12.2 Å². The summed E-state index contributed by atoms with van der Waals surface area (Å²) in [5.41, 5.74) is 3.56. The summed E-state index contributed by atoms with van der Waals surface area (Å²) in [5.74, 6) is 0.340. The predicted octanol–water partition coefficient (Wildman–Crippen LogP) is 2.79. The van der Waals surface area contributed by atoms with Crippen molar-refractivity contribution < 1.29 is 43.1 Å². The summed E-state index contributed by atoms with van der Waals surface area (Å²) >= 11 is 5.66. The van der Waals surface area contributed by atoms with E-state index in [2.05, 4.69) is 46.3 Å². The lowest BCUT2D eigenvalue weighted by molar-refractivity contribution is -0.145. The van der Waals surface area contributed by atoms with Crippen molar-refractivity contribution in [2.75, 3.05) is 79.2 Å². The molecule has 0 saturated heterocycles. The number of imidazole rings is 1. The van der Waals surface area contributed by atoms with E-state index in [-0.39, 0.29) is 38.2 Å². The number of carbonyl (C=O) groups excluding carboxylic acids is 1. The lowest BCUT2D eigenvalue weighted by Crippen LogP contribution is -2.34. The van der Waals surface area contributed by atoms with Gasteiger partial charge < -0.3 is 47.8 Å². The first-order chi connectivity index (χ1) is 26.6. The molecule has 5 rings (SSSR count). The zero-order chi connectivity index (χ0) is 39.2. The van der Waals surface area contributed by atoms with Crippen LogP contribution in [0.3, 0.4) is 0 Å². The van der Waals surface area contributed by atoms with Gasteiger partial charge in [0.2, 0.25) is 0 Å². The molecule has 0 spiro atoms. The molecule has 3 atom stereocenters. The second-order valence-electron chi connectivity index (χ2n) is 13.5. The minimum absolute atomic E-state index is 0.0530. The molecule has 0 saturated carbocycles. The third-order valence-corrected chi connectivity index (χ3v) is 9.47. The van der Waals surface area contributed by atoms with E-state index in [1.54, 1.807) is 12.2 Å². The fraction of sp³-hybridized carbons (Fsp3) is 0.579. The van der Waals surface area contributed by atoms with Crippen LogP contribution in [0.15, 0.2) is 51.7 Å². The van der Waals surface area contributed by atoms with E-state index in [4.69, 9.17) is 45.4 Å². The minimum Gasteiger partial charge on any atom is -0.491 e. The van der Waals surface area contributed by atoms with Crippen molar-refractivity contribution in [3.63, 3.8) is 0 Å². The molecule has 4 heterocycles. The van der Waals surface area contributed by atoms with E-state index in [1.165, 1.54) is 16.3 Å². The SMILES string of the molecule is CC(C)=CCN1Cc2c(OCCOCCOCCOCCOCCOC(=O)CCc3cn([C@H]4C=C[C@@H](CO)O4)c(=O)[nH]c3=O)ccc3[nH]c(=S)n(c23)C[C@@H]1C. The highest BCUT2D eigenvalue weighted by atomic mass is 32.1. The summed E-state index contributed by atoms with van der Waals surface area (Å²) in [4.78, 5) is 44.6. The fourth-order valence-electron chi connectivity index (χ4n) is 6.20. The molecule has 2 aliphatic rings. The molecular formula is C38H53N5O11S. The van der Waals surface area contributed by atoms with E-state index in [0.29, 0.717) is 58.9 Å². The molecule has 3 aromatic rings. The molecule has 0 fully saturated rings.